The monoisotopic (exact) mass is 155 g/mol. The molecule has 0 aromatic heterocycles. The average molecular weight is 155 g/mol. The van der Waals surface area contributed by atoms with Gasteiger partial charge in [-0.1, -0.05) is 6.92 Å². The number of nitrogens with zero attached hydrogens (tertiary/aromatic N) is 1. The van der Waals surface area contributed by atoms with Gasteiger partial charge in [0.25, 0.3) is 0 Å². The average Bonchev–Trinajstić information content (AvgIpc) is 2.05. The summed E-state index contributed by atoms with van der Waals surface area (Å²) >= 11 is 1.76. The van der Waals surface area contributed by atoms with E-state index in [1.807, 2.05) is 0 Å². The minimum Gasteiger partial charge on any atom is -0.320 e. The Morgan fingerprint density at radius 2 is 2.30 bits per heavy atom. The molecule has 1 rings (SSSR count). The first-order valence-corrected chi connectivity index (χ1v) is 4.51. The predicted octanol–water partition coefficient (Wildman–Crippen LogP) is 2.78. The van der Waals surface area contributed by atoms with E-state index in [9.17, 15) is 0 Å². The van der Waals surface area contributed by atoms with Crippen LogP contribution in [0.1, 0.15) is 20.3 Å². The molecule has 1 aliphatic rings. The summed E-state index contributed by atoms with van der Waals surface area (Å²) in [6.07, 6.45) is 5.52. The molecule has 56 valence electrons. The van der Waals surface area contributed by atoms with Crippen molar-refractivity contribution in [3.8, 4) is 0 Å². The van der Waals surface area contributed by atoms with Gasteiger partial charge in [0.15, 0.2) is 0 Å². The van der Waals surface area contributed by atoms with Crippen LogP contribution in [0.2, 0.25) is 0 Å². The van der Waals surface area contributed by atoms with Crippen molar-refractivity contribution < 1.29 is 0 Å². The van der Waals surface area contributed by atoms with Gasteiger partial charge in [-0.25, -0.2) is 0 Å². The van der Waals surface area contributed by atoms with Crippen LogP contribution in [0.15, 0.2) is 23.3 Å². The maximum Gasteiger partial charge on any atom is 0.0263 e. The Balaban J connectivity index is 2.56. The van der Waals surface area contributed by atoms with E-state index in [1.54, 1.807) is 11.9 Å². The molecule has 0 N–H and O–H groups in total. The Morgan fingerprint density at radius 1 is 1.50 bits per heavy atom. The van der Waals surface area contributed by atoms with Gasteiger partial charge >= 0.3 is 0 Å². The SMILES string of the molecule is CCC1=CN(CC)SC=C1. The van der Waals surface area contributed by atoms with Crippen LogP contribution in [-0.4, -0.2) is 10.8 Å². The summed E-state index contributed by atoms with van der Waals surface area (Å²) in [7, 11) is 0. The molecular weight excluding hydrogens is 142 g/mol. The second-order valence-electron chi connectivity index (χ2n) is 2.20. The first-order chi connectivity index (χ1) is 4.86. The van der Waals surface area contributed by atoms with Gasteiger partial charge in [0.05, 0.1) is 0 Å². The molecule has 0 atom stereocenters. The molecule has 0 spiro atoms. The van der Waals surface area contributed by atoms with Gasteiger partial charge in [-0.05, 0) is 42.3 Å². The van der Waals surface area contributed by atoms with Gasteiger partial charge in [0, 0.05) is 12.7 Å². The quantitative estimate of drug-likeness (QED) is 0.564. The Morgan fingerprint density at radius 3 is 2.90 bits per heavy atom. The van der Waals surface area contributed by atoms with E-state index in [1.165, 1.54) is 5.57 Å². The maximum absolute atomic E-state index is 2.23. The minimum atomic E-state index is 1.08. The molecule has 1 nitrogen and oxygen atoms in total. The van der Waals surface area contributed by atoms with Crippen molar-refractivity contribution in [1.29, 1.82) is 0 Å². The van der Waals surface area contributed by atoms with Crippen LogP contribution in [0.25, 0.3) is 0 Å². The van der Waals surface area contributed by atoms with E-state index in [0.717, 1.165) is 13.0 Å². The number of allylic oxidation sites excluding steroid dienone is 2. The Kier molecular flexibility index (Phi) is 2.87. The molecule has 2 heteroatoms. The molecule has 0 saturated carbocycles. The molecule has 10 heavy (non-hydrogen) atoms. The zero-order chi connectivity index (χ0) is 7.40. The molecule has 1 aliphatic heterocycles. The van der Waals surface area contributed by atoms with Crippen LogP contribution in [0, 0.1) is 0 Å². The standard InChI is InChI=1S/C8H13NS/c1-3-8-5-6-10-9(4-2)7-8/h5-7H,3-4H2,1-2H3. The molecule has 0 aromatic rings. The molecule has 0 aromatic carbocycles. The lowest BCUT2D eigenvalue weighted by molar-refractivity contribution is 0.653. The highest BCUT2D eigenvalue weighted by molar-refractivity contribution is 8.00. The highest BCUT2D eigenvalue weighted by Crippen LogP contribution is 2.21. The van der Waals surface area contributed by atoms with Gasteiger partial charge in [0.1, 0.15) is 0 Å². The molecule has 0 radical (unpaired) electrons. The van der Waals surface area contributed by atoms with Crippen LogP contribution in [-0.2, 0) is 0 Å². The molecule has 0 fully saturated rings. The summed E-state index contributed by atoms with van der Waals surface area (Å²) in [4.78, 5) is 0. The third-order valence-corrected chi connectivity index (χ3v) is 2.40. The number of rotatable bonds is 2. The first kappa shape index (κ1) is 7.73. The molecular formula is C8H13NS. The summed E-state index contributed by atoms with van der Waals surface area (Å²) in [5, 5.41) is 2.14. The summed E-state index contributed by atoms with van der Waals surface area (Å²) in [6, 6.07) is 0. The molecule has 0 aliphatic carbocycles. The summed E-state index contributed by atoms with van der Waals surface area (Å²) in [5.41, 5.74) is 1.42. The van der Waals surface area contributed by atoms with Crippen LogP contribution in [0.3, 0.4) is 0 Å². The van der Waals surface area contributed by atoms with Crippen molar-refractivity contribution in [2.45, 2.75) is 20.3 Å². The van der Waals surface area contributed by atoms with E-state index in [-0.39, 0.29) is 0 Å². The molecule has 0 saturated heterocycles. The fourth-order valence-corrected chi connectivity index (χ4v) is 1.57. The predicted molar refractivity (Wildman–Crippen MR) is 47.5 cm³/mol. The van der Waals surface area contributed by atoms with Crippen molar-refractivity contribution >= 4 is 11.9 Å². The van der Waals surface area contributed by atoms with E-state index >= 15 is 0 Å². The van der Waals surface area contributed by atoms with Crippen molar-refractivity contribution in [2.75, 3.05) is 6.54 Å². The van der Waals surface area contributed by atoms with Crippen molar-refractivity contribution in [3.63, 3.8) is 0 Å². The summed E-state index contributed by atoms with van der Waals surface area (Å²) in [5.74, 6) is 0. The number of hydrogen-bond donors (Lipinski definition) is 0. The van der Waals surface area contributed by atoms with Crippen LogP contribution < -0.4 is 0 Å². The highest BCUT2D eigenvalue weighted by atomic mass is 32.2. The van der Waals surface area contributed by atoms with Crippen molar-refractivity contribution in [2.24, 2.45) is 0 Å². The summed E-state index contributed by atoms with van der Waals surface area (Å²) < 4.78 is 2.23. The third kappa shape index (κ3) is 1.81. The lowest BCUT2D eigenvalue weighted by atomic mass is 10.2. The second kappa shape index (κ2) is 3.71. The van der Waals surface area contributed by atoms with Crippen LogP contribution in [0.4, 0.5) is 0 Å². The van der Waals surface area contributed by atoms with Gasteiger partial charge < -0.3 is 4.31 Å². The smallest absolute Gasteiger partial charge is 0.0263 e. The second-order valence-corrected chi connectivity index (χ2v) is 3.15. The topological polar surface area (TPSA) is 3.24 Å². The Hall–Kier alpha value is -0.370. The summed E-state index contributed by atoms with van der Waals surface area (Å²) in [6.45, 7) is 5.43. The van der Waals surface area contributed by atoms with E-state index in [0.29, 0.717) is 0 Å². The molecule has 1 heterocycles. The van der Waals surface area contributed by atoms with E-state index in [2.05, 4.69) is 35.8 Å². The normalized spacial score (nSPS) is 17.4. The molecule has 0 bridgehead atoms. The van der Waals surface area contributed by atoms with Crippen LogP contribution >= 0.6 is 11.9 Å². The zero-order valence-electron chi connectivity index (χ0n) is 6.50. The minimum absolute atomic E-state index is 1.08. The zero-order valence-corrected chi connectivity index (χ0v) is 7.32. The third-order valence-electron chi connectivity index (χ3n) is 1.51. The molecule has 0 unspecified atom stereocenters. The molecule has 0 amide bonds. The lowest BCUT2D eigenvalue weighted by Crippen LogP contribution is -2.08. The first-order valence-electron chi connectivity index (χ1n) is 3.67. The van der Waals surface area contributed by atoms with Gasteiger partial charge in [-0.2, -0.15) is 0 Å². The van der Waals surface area contributed by atoms with E-state index in [4.69, 9.17) is 0 Å². The fourth-order valence-electron chi connectivity index (χ4n) is 0.829. The lowest BCUT2D eigenvalue weighted by Gasteiger charge is -2.18. The highest BCUT2D eigenvalue weighted by Gasteiger charge is 2.00. The number of hydrogen-bond acceptors (Lipinski definition) is 2. The van der Waals surface area contributed by atoms with Crippen molar-refractivity contribution in [1.82, 2.24) is 4.31 Å². The van der Waals surface area contributed by atoms with Gasteiger partial charge in [-0.3, -0.25) is 0 Å². The largest absolute Gasteiger partial charge is 0.320 e. The van der Waals surface area contributed by atoms with E-state index < -0.39 is 0 Å². The van der Waals surface area contributed by atoms with Gasteiger partial charge in [-0.15, -0.1) is 0 Å². The maximum atomic E-state index is 2.23. The Labute approximate surface area is 66.9 Å². The van der Waals surface area contributed by atoms with Crippen LogP contribution in [0.5, 0.6) is 0 Å². The van der Waals surface area contributed by atoms with Gasteiger partial charge in [0.2, 0.25) is 0 Å². The van der Waals surface area contributed by atoms with Crippen molar-refractivity contribution in [3.05, 3.63) is 23.3 Å². The Bertz CT molecular complexity index is 161. The fraction of sp³-hybridized carbons (Fsp3) is 0.500.